The van der Waals surface area contributed by atoms with Crippen LogP contribution in [0.4, 0.5) is 5.69 Å². The molecule has 1 aromatic carbocycles. The summed E-state index contributed by atoms with van der Waals surface area (Å²) in [7, 11) is 4.20. The number of hydrogen-bond donors (Lipinski definition) is 1. The fourth-order valence-electron chi connectivity index (χ4n) is 2.38. The zero-order chi connectivity index (χ0) is 11.4. The van der Waals surface area contributed by atoms with Crippen LogP contribution < -0.4 is 5.32 Å². The molecule has 1 aliphatic rings. The molecule has 0 spiro atoms. The molecule has 1 fully saturated rings. The van der Waals surface area contributed by atoms with Crippen molar-refractivity contribution >= 4 is 5.69 Å². The first kappa shape index (κ1) is 11.5. The highest BCUT2D eigenvalue weighted by Gasteiger charge is 2.13. The molecule has 0 radical (unpaired) electrons. The van der Waals surface area contributed by atoms with Gasteiger partial charge in [-0.3, -0.25) is 0 Å². The third-order valence-corrected chi connectivity index (χ3v) is 3.18. The lowest BCUT2D eigenvalue weighted by molar-refractivity contribution is 0.402. The third-order valence-electron chi connectivity index (χ3n) is 3.18. The van der Waals surface area contributed by atoms with Gasteiger partial charge in [-0.15, -0.1) is 0 Å². The van der Waals surface area contributed by atoms with Gasteiger partial charge >= 0.3 is 0 Å². The summed E-state index contributed by atoms with van der Waals surface area (Å²) in [6.45, 7) is 1.02. The van der Waals surface area contributed by atoms with Gasteiger partial charge in [0.05, 0.1) is 0 Å². The molecule has 0 bridgehead atoms. The Bertz CT molecular complexity index is 310. The lowest BCUT2D eigenvalue weighted by atomic mass is 10.1. The van der Waals surface area contributed by atoms with Gasteiger partial charge in [0.15, 0.2) is 0 Å². The van der Waals surface area contributed by atoms with E-state index in [9.17, 15) is 0 Å². The lowest BCUT2D eigenvalue weighted by Crippen LogP contribution is -2.14. The average Bonchev–Trinajstić information content (AvgIpc) is 2.73. The Hall–Kier alpha value is -1.02. The van der Waals surface area contributed by atoms with Crippen molar-refractivity contribution in [1.29, 1.82) is 0 Å². The van der Waals surface area contributed by atoms with E-state index in [1.165, 1.54) is 36.9 Å². The molecule has 1 N–H and O–H groups in total. The van der Waals surface area contributed by atoms with Crippen molar-refractivity contribution in [2.75, 3.05) is 19.4 Å². The van der Waals surface area contributed by atoms with Gasteiger partial charge in [0.1, 0.15) is 0 Å². The number of rotatable bonds is 4. The second-order valence-electron chi connectivity index (χ2n) is 5.06. The first-order valence-electron chi connectivity index (χ1n) is 6.24. The van der Waals surface area contributed by atoms with Crippen molar-refractivity contribution < 1.29 is 0 Å². The summed E-state index contributed by atoms with van der Waals surface area (Å²) in [5, 5.41) is 3.61. The Kier molecular flexibility index (Phi) is 3.83. The number of nitrogens with zero attached hydrogens (tertiary/aromatic N) is 1. The van der Waals surface area contributed by atoms with E-state index in [0.717, 1.165) is 6.54 Å². The smallest absolute Gasteiger partial charge is 0.0342 e. The monoisotopic (exact) mass is 218 g/mol. The van der Waals surface area contributed by atoms with Gasteiger partial charge in [-0.25, -0.2) is 0 Å². The second-order valence-corrected chi connectivity index (χ2v) is 5.06. The summed E-state index contributed by atoms with van der Waals surface area (Å²) >= 11 is 0. The van der Waals surface area contributed by atoms with Crippen LogP contribution in [0.3, 0.4) is 0 Å². The Morgan fingerprint density at radius 2 is 1.75 bits per heavy atom. The van der Waals surface area contributed by atoms with Crippen molar-refractivity contribution in [2.45, 2.75) is 38.3 Å². The molecule has 0 amide bonds. The van der Waals surface area contributed by atoms with Crippen LogP contribution in [0.2, 0.25) is 0 Å². The second kappa shape index (κ2) is 5.35. The Morgan fingerprint density at radius 3 is 2.31 bits per heavy atom. The average molecular weight is 218 g/mol. The molecule has 2 rings (SSSR count). The van der Waals surface area contributed by atoms with Crippen molar-refractivity contribution in [1.82, 2.24) is 4.90 Å². The van der Waals surface area contributed by atoms with E-state index in [1.54, 1.807) is 0 Å². The van der Waals surface area contributed by atoms with E-state index in [-0.39, 0.29) is 0 Å². The molecule has 1 saturated carbocycles. The summed E-state index contributed by atoms with van der Waals surface area (Å²) in [5.41, 5.74) is 2.65. The largest absolute Gasteiger partial charge is 0.382 e. The standard InChI is InChI=1S/C14H22N2/c1-16(2)11-12-7-9-14(10-8-12)15-13-5-3-4-6-13/h7-10,13,15H,3-6,11H2,1-2H3. The molecule has 1 aromatic rings. The normalized spacial score (nSPS) is 16.9. The van der Waals surface area contributed by atoms with E-state index in [0.29, 0.717) is 6.04 Å². The third kappa shape index (κ3) is 3.24. The van der Waals surface area contributed by atoms with Crippen molar-refractivity contribution in [3.8, 4) is 0 Å². The fourth-order valence-corrected chi connectivity index (χ4v) is 2.38. The molecule has 2 heteroatoms. The Morgan fingerprint density at radius 1 is 1.12 bits per heavy atom. The molecule has 1 aliphatic carbocycles. The predicted octanol–water partition coefficient (Wildman–Crippen LogP) is 3.10. The van der Waals surface area contributed by atoms with Gasteiger partial charge in [-0.05, 0) is 44.6 Å². The highest BCUT2D eigenvalue weighted by atomic mass is 15.0. The maximum Gasteiger partial charge on any atom is 0.0342 e. The molecule has 16 heavy (non-hydrogen) atoms. The molecular formula is C14H22N2. The van der Waals surface area contributed by atoms with Gasteiger partial charge < -0.3 is 10.2 Å². The lowest BCUT2D eigenvalue weighted by Gasteiger charge is -2.14. The van der Waals surface area contributed by atoms with Gasteiger partial charge in [0.2, 0.25) is 0 Å². The van der Waals surface area contributed by atoms with Crippen molar-refractivity contribution in [3.63, 3.8) is 0 Å². The van der Waals surface area contributed by atoms with Gasteiger partial charge in [0, 0.05) is 18.3 Å². The van der Waals surface area contributed by atoms with Crippen LogP contribution in [-0.2, 0) is 6.54 Å². The first-order valence-corrected chi connectivity index (χ1v) is 6.24. The molecule has 0 unspecified atom stereocenters. The highest BCUT2D eigenvalue weighted by Crippen LogP contribution is 2.22. The van der Waals surface area contributed by atoms with E-state index in [1.807, 2.05) is 0 Å². The summed E-state index contributed by atoms with van der Waals surface area (Å²) in [5.74, 6) is 0. The summed E-state index contributed by atoms with van der Waals surface area (Å²) in [4.78, 5) is 2.19. The first-order chi connectivity index (χ1) is 7.74. The van der Waals surface area contributed by atoms with Gasteiger partial charge in [0.25, 0.3) is 0 Å². The van der Waals surface area contributed by atoms with Crippen LogP contribution in [0.1, 0.15) is 31.2 Å². The quantitative estimate of drug-likeness (QED) is 0.835. The minimum absolute atomic E-state index is 0.708. The molecule has 0 saturated heterocycles. The predicted molar refractivity (Wildman–Crippen MR) is 69.7 cm³/mol. The summed E-state index contributed by atoms with van der Waals surface area (Å²) in [6.07, 6.45) is 5.44. The molecule has 0 heterocycles. The van der Waals surface area contributed by atoms with Crippen molar-refractivity contribution in [2.24, 2.45) is 0 Å². The van der Waals surface area contributed by atoms with Crippen LogP contribution in [0.5, 0.6) is 0 Å². The van der Waals surface area contributed by atoms with E-state index >= 15 is 0 Å². The van der Waals surface area contributed by atoms with Crippen LogP contribution in [0.25, 0.3) is 0 Å². The zero-order valence-corrected chi connectivity index (χ0v) is 10.4. The summed E-state index contributed by atoms with van der Waals surface area (Å²) < 4.78 is 0. The topological polar surface area (TPSA) is 15.3 Å². The van der Waals surface area contributed by atoms with Gasteiger partial charge in [-0.1, -0.05) is 25.0 Å². The number of hydrogen-bond acceptors (Lipinski definition) is 2. The molecular weight excluding hydrogens is 196 g/mol. The molecule has 0 aliphatic heterocycles. The van der Waals surface area contributed by atoms with Crippen LogP contribution in [0.15, 0.2) is 24.3 Å². The van der Waals surface area contributed by atoms with Crippen LogP contribution >= 0.6 is 0 Å². The number of anilines is 1. The minimum Gasteiger partial charge on any atom is -0.382 e. The van der Waals surface area contributed by atoms with Crippen LogP contribution in [0, 0.1) is 0 Å². The molecule has 0 aromatic heterocycles. The SMILES string of the molecule is CN(C)Cc1ccc(NC2CCCC2)cc1. The molecule has 88 valence electrons. The number of nitrogens with one attached hydrogen (secondary N) is 1. The Labute approximate surface area is 98.7 Å². The fraction of sp³-hybridized carbons (Fsp3) is 0.571. The minimum atomic E-state index is 0.708. The zero-order valence-electron chi connectivity index (χ0n) is 10.4. The van der Waals surface area contributed by atoms with Crippen molar-refractivity contribution in [3.05, 3.63) is 29.8 Å². The highest BCUT2D eigenvalue weighted by molar-refractivity contribution is 5.45. The number of benzene rings is 1. The van der Waals surface area contributed by atoms with E-state index < -0.39 is 0 Å². The maximum atomic E-state index is 3.61. The van der Waals surface area contributed by atoms with Crippen LogP contribution in [-0.4, -0.2) is 25.0 Å². The van der Waals surface area contributed by atoms with E-state index in [2.05, 4.69) is 48.6 Å². The Balaban J connectivity index is 1.90. The van der Waals surface area contributed by atoms with E-state index in [4.69, 9.17) is 0 Å². The summed E-state index contributed by atoms with van der Waals surface area (Å²) in [6, 6.07) is 9.56. The maximum absolute atomic E-state index is 3.61. The molecule has 2 nitrogen and oxygen atoms in total. The molecule has 0 atom stereocenters. The van der Waals surface area contributed by atoms with Gasteiger partial charge in [-0.2, -0.15) is 0 Å².